The highest BCUT2D eigenvalue weighted by atomic mass is 35.5. The molecule has 1 amide bonds. The zero-order valence-corrected chi connectivity index (χ0v) is 20.2. The molecular formula is C25H32ClN7O. The summed E-state index contributed by atoms with van der Waals surface area (Å²) in [6.45, 7) is 3.62. The van der Waals surface area contributed by atoms with Crippen molar-refractivity contribution < 1.29 is 4.79 Å². The van der Waals surface area contributed by atoms with Gasteiger partial charge in [-0.1, -0.05) is 42.6 Å². The first-order chi connectivity index (χ1) is 16.7. The third-order valence-corrected chi connectivity index (χ3v) is 7.44. The molecule has 0 radical (unpaired) electrons. The van der Waals surface area contributed by atoms with Gasteiger partial charge in [0, 0.05) is 43.5 Å². The number of anilines is 1. The highest BCUT2D eigenvalue weighted by Gasteiger charge is 2.29. The van der Waals surface area contributed by atoms with Gasteiger partial charge in [0.2, 0.25) is 5.91 Å². The van der Waals surface area contributed by atoms with Gasteiger partial charge in [-0.2, -0.15) is 4.52 Å². The number of rotatable bonds is 9. The summed E-state index contributed by atoms with van der Waals surface area (Å²) in [7, 11) is 0. The topological polar surface area (TPSA) is 87.5 Å². The van der Waals surface area contributed by atoms with Crippen LogP contribution in [0.3, 0.4) is 0 Å². The van der Waals surface area contributed by atoms with Crippen LogP contribution in [0.4, 0.5) is 5.82 Å². The fourth-order valence-electron chi connectivity index (χ4n) is 5.11. The minimum Gasteiger partial charge on any atom is -0.364 e. The lowest BCUT2D eigenvalue weighted by Crippen LogP contribution is -2.34. The van der Waals surface area contributed by atoms with Crippen LogP contribution < -0.4 is 10.6 Å². The van der Waals surface area contributed by atoms with Crippen LogP contribution in [-0.2, 0) is 17.8 Å². The van der Waals surface area contributed by atoms with Gasteiger partial charge in [0.1, 0.15) is 5.82 Å². The minimum absolute atomic E-state index is 0.0593. The highest BCUT2D eigenvalue weighted by Crippen LogP contribution is 2.28. The van der Waals surface area contributed by atoms with Crippen LogP contribution in [0.1, 0.15) is 49.9 Å². The van der Waals surface area contributed by atoms with Crippen molar-refractivity contribution in [1.29, 1.82) is 0 Å². The van der Waals surface area contributed by atoms with Gasteiger partial charge in [-0.3, -0.25) is 4.79 Å². The third kappa shape index (κ3) is 5.50. The number of hydrogen-bond acceptors (Lipinski definition) is 6. The second kappa shape index (κ2) is 10.7. The number of nitrogens with zero attached hydrogens (tertiary/aromatic N) is 5. The lowest BCUT2D eigenvalue weighted by atomic mass is 10.1. The molecule has 1 saturated heterocycles. The van der Waals surface area contributed by atoms with E-state index in [9.17, 15) is 4.79 Å². The molecule has 180 valence electrons. The fourth-order valence-corrected chi connectivity index (χ4v) is 5.32. The predicted octanol–water partition coefficient (Wildman–Crippen LogP) is 3.70. The second-order valence-electron chi connectivity index (χ2n) is 9.44. The van der Waals surface area contributed by atoms with Crippen molar-refractivity contribution >= 4 is 29.0 Å². The Balaban J connectivity index is 1.11. The maximum atomic E-state index is 12.5. The van der Waals surface area contributed by atoms with Crippen LogP contribution in [0.5, 0.6) is 0 Å². The molecule has 1 aliphatic heterocycles. The van der Waals surface area contributed by atoms with Crippen molar-refractivity contribution in [3.05, 3.63) is 52.8 Å². The monoisotopic (exact) mass is 481 g/mol. The molecule has 8 nitrogen and oxygen atoms in total. The van der Waals surface area contributed by atoms with E-state index in [2.05, 4.69) is 30.8 Å². The Morgan fingerprint density at radius 3 is 2.79 bits per heavy atom. The molecule has 9 heteroatoms. The largest absolute Gasteiger partial charge is 0.364 e. The van der Waals surface area contributed by atoms with Crippen LogP contribution in [0, 0.1) is 5.92 Å². The molecule has 3 aromatic rings. The van der Waals surface area contributed by atoms with E-state index in [0.717, 1.165) is 29.7 Å². The van der Waals surface area contributed by atoms with Crippen molar-refractivity contribution in [2.75, 3.05) is 25.0 Å². The first-order valence-corrected chi connectivity index (χ1v) is 12.7. The van der Waals surface area contributed by atoms with Gasteiger partial charge in [0.25, 0.3) is 0 Å². The van der Waals surface area contributed by atoms with E-state index in [1.54, 1.807) is 4.52 Å². The average molecular weight is 482 g/mol. The summed E-state index contributed by atoms with van der Waals surface area (Å²) >= 11 is 6.24. The predicted molar refractivity (Wildman–Crippen MR) is 133 cm³/mol. The number of carbonyl (C=O) groups excluding carboxylic acids is 1. The molecule has 0 unspecified atom stereocenters. The Hall–Kier alpha value is -2.71. The number of fused-ring (bicyclic) bond motifs is 1. The Morgan fingerprint density at radius 1 is 1.09 bits per heavy atom. The Bertz CT molecular complexity index is 1130. The molecule has 1 aromatic carbocycles. The molecule has 34 heavy (non-hydrogen) atoms. The summed E-state index contributed by atoms with van der Waals surface area (Å²) in [5, 5.41) is 20.2. The van der Waals surface area contributed by atoms with E-state index in [1.807, 2.05) is 36.4 Å². The van der Waals surface area contributed by atoms with Crippen LogP contribution in [0.2, 0.25) is 5.02 Å². The minimum atomic E-state index is 0.0593. The van der Waals surface area contributed by atoms with Crippen molar-refractivity contribution in [2.24, 2.45) is 5.92 Å². The van der Waals surface area contributed by atoms with Crippen LogP contribution in [-0.4, -0.2) is 56.3 Å². The summed E-state index contributed by atoms with van der Waals surface area (Å²) in [4.78, 5) is 15.1. The quantitative estimate of drug-likeness (QED) is 0.484. The zero-order chi connectivity index (χ0) is 23.3. The van der Waals surface area contributed by atoms with E-state index in [0.29, 0.717) is 42.6 Å². The Labute approximate surface area is 205 Å². The maximum Gasteiger partial charge on any atom is 0.220 e. The summed E-state index contributed by atoms with van der Waals surface area (Å²) in [5.74, 6) is 2.00. The molecule has 5 rings (SSSR count). The first-order valence-electron chi connectivity index (χ1n) is 12.3. The number of aryl methyl sites for hydroxylation is 1. The SMILES string of the molecule is O=C(CCc1nnc2ccc(NCc3ccccc3Cl)nn12)NC[C@H]1CCN(C2CCCC2)C1. The van der Waals surface area contributed by atoms with Crippen molar-refractivity contribution in [1.82, 2.24) is 30.0 Å². The number of likely N-dealkylation sites (tertiary alicyclic amines) is 1. The first kappa shape index (κ1) is 23.1. The van der Waals surface area contributed by atoms with Crippen molar-refractivity contribution in [3.8, 4) is 0 Å². The zero-order valence-electron chi connectivity index (χ0n) is 19.4. The smallest absolute Gasteiger partial charge is 0.220 e. The van der Waals surface area contributed by atoms with Gasteiger partial charge in [-0.25, -0.2) is 0 Å². The molecule has 2 fully saturated rings. The number of benzene rings is 1. The Morgan fingerprint density at radius 2 is 1.94 bits per heavy atom. The van der Waals surface area contributed by atoms with Crippen molar-refractivity contribution in [3.63, 3.8) is 0 Å². The van der Waals surface area contributed by atoms with E-state index >= 15 is 0 Å². The molecule has 1 saturated carbocycles. The standard InChI is InChI=1S/C25H32ClN7O/c26-21-8-4-1-5-19(21)16-27-22-9-10-23-29-30-24(33(23)31-22)11-12-25(34)28-15-18-13-14-32(17-18)20-6-2-3-7-20/h1,4-5,8-10,18,20H,2-3,6-7,11-17H2,(H,27,31)(H,28,34)/t18-/m1/s1. The summed E-state index contributed by atoms with van der Waals surface area (Å²) in [6.07, 6.45) is 7.47. The second-order valence-corrected chi connectivity index (χ2v) is 9.85. The van der Waals surface area contributed by atoms with Gasteiger partial charge in [0.15, 0.2) is 11.5 Å². The van der Waals surface area contributed by atoms with Crippen LogP contribution in [0.25, 0.3) is 5.65 Å². The van der Waals surface area contributed by atoms with E-state index < -0.39 is 0 Å². The maximum absolute atomic E-state index is 12.5. The number of hydrogen-bond donors (Lipinski definition) is 2. The molecular weight excluding hydrogens is 450 g/mol. The van der Waals surface area contributed by atoms with E-state index in [1.165, 1.54) is 38.6 Å². The summed E-state index contributed by atoms with van der Waals surface area (Å²) in [5.41, 5.74) is 1.66. The summed E-state index contributed by atoms with van der Waals surface area (Å²) in [6, 6.07) is 12.2. The van der Waals surface area contributed by atoms with E-state index in [-0.39, 0.29) is 5.91 Å². The van der Waals surface area contributed by atoms with Gasteiger partial charge >= 0.3 is 0 Å². The molecule has 3 heterocycles. The molecule has 1 aliphatic carbocycles. The highest BCUT2D eigenvalue weighted by molar-refractivity contribution is 6.31. The molecule has 2 N–H and O–H groups in total. The Kier molecular flexibility index (Phi) is 7.25. The molecule has 0 bridgehead atoms. The van der Waals surface area contributed by atoms with Gasteiger partial charge in [-0.05, 0) is 55.5 Å². The number of amides is 1. The fraction of sp³-hybridized carbons (Fsp3) is 0.520. The number of carbonyl (C=O) groups is 1. The van der Waals surface area contributed by atoms with Gasteiger partial charge in [-0.15, -0.1) is 15.3 Å². The molecule has 1 atom stereocenters. The van der Waals surface area contributed by atoms with Crippen LogP contribution in [0.15, 0.2) is 36.4 Å². The average Bonchev–Trinajstić information content (AvgIpc) is 3.61. The van der Waals surface area contributed by atoms with Crippen LogP contribution >= 0.6 is 11.6 Å². The molecule has 2 aromatic heterocycles. The van der Waals surface area contributed by atoms with Crippen molar-refractivity contribution in [2.45, 2.75) is 57.5 Å². The number of halogens is 1. The number of aromatic nitrogens is 4. The van der Waals surface area contributed by atoms with E-state index in [4.69, 9.17) is 11.6 Å². The van der Waals surface area contributed by atoms with Gasteiger partial charge in [0.05, 0.1) is 0 Å². The molecule has 2 aliphatic rings. The summed E-state index contributed by atoms with van der Waals surface area (Å²) < 4.78 is 1.71. The lowest BCUT2D eigenvalue weighted by molar-refractivity contribution is -0.121. The normalized spacial score (nSPS) is 19.1. The molecule has 0 spiro atoms. The lowest BCUT2D eigenvalue weighted by Gasteiger charge is -2.23. The third-order valence-electron chi connectivity index (χ3n) is 7.07. The van der Waals surface area contributed by atoms with Gasteiger partial charge < -0.3 is 15.5 Å². The number of nitrogens with one attached hydrogen (secondary N) is 2.